The topological polar surface area (TPSA) is 101 Å². The number of hydrogen-bond donors (Lipinski definition) is 2. The Kier molecular flexibility index (Phi) is 6.40. The first-order valence-electron chi connectivity index (χ1n) is 8.26. The number of nitrogens with one attached hydrogen (secondary N) is 2. The highest BCUT2D eigenvalue weighted by Crippen LogP contribution is 2.22. The third kappa shape index (κ3) is 5.27. The molecule has 0 radical (unpaired) electrons. The molecule has 0 fully saturated rings. The highest BCUT2D eigenvalue weighted by molar-refractivity contribution is 9.10. The van der Waals surface area contributed by atoms with E-state index in [-0.39, 0.29) is 16.8 Å². The van der Waals surface area contributed by atoms with Crippen LogP contribution in [-0.4, -0.2) is 16.7 Å². The molecule has 0 unspecified atom stereocenters. The molecule has 3 rings (SSSR count). The maximum Gasteiger partial charge on any atom is 0.270 e. The standard InChI is InChI=1S/C20H13Br2N3O4/c21-12-1-5-14(6-2-12)23-19(26)17-10-9-16(25(28)29)11-18(17)20(27)24-15-7-3-13(22)4-8-15/h1-11H,(H,23,26)(H,24,27). The second-order valence-corrected chi connectivity index (χ2v) is 7.74. The van der Waals surface area contributed by atoms with E-state index in [4.69, 9.17) is 0 Å². The minimum absolute atomic E-state index is 0.0214. The molecule has 0 saturated heterocycles. The third-order valence-corrected chi connectivity index (χ3v) is 4.96. The van der Waals surface area contributed by atoms with Gasteiger partial charge in [0.15, 0.2) is 0 Å². The lowest BCUT2D eigenvalue weighted by Crippen LogP contribution is -2.20. The largest absolute Gasteiger partial charge is 0.322 e. The Balaban J connectivity index is 1.92. The average Bonchev–Trinajstić information content (AvgIpc) is 2.70. The van der Waals surface area contributed by atoms with Gasteiger partial charge in [0.25, 0.3) is 17.5 Å². The van der Waals surface area contributed by atoms with Crippen molar-refractivity contribution in [2.45, 2.75) is 0 Å². The fourth-order valence-electron chi connectivity index (χ4n) is 2.49. The fourth-order valence-corrected chi connectivity index (χ4v) is 3.02. The molecule has 9 heteroatoms. The van der Waals surface area contributed by atoms with Crippen molar-refractivity contribution in [3.63, 3.8) is 0 Å². The second-order valence-electron chi connectivity index (χ2n) is 5.91. The quantitative estimate of drug-likeness (QED) is 0.338. The van der Waals surface area contributed by atoms with Gasteiger partial charge in [0.1, 0.15) is 0 Å². The van der Waals surface area contributed by atoms with Crippen LogP contribution in [0, 0.1) is 10.1 Å². The highest BCUT2D eigenvalue weighted by Gasteiger charge is 2.21. The Labute approximate surface area is 182 Å². The molecule has 0 aliphatic heterocycles. The Morgan fingerprint density at radius 3 is 1.62 bits per heavy atom. The van der Waals surface area contributed by atoms with Crippen molar-refractivity contribution in [3.05, 3.63) is 96.9 Å². The van der Waals surface area contributed by atoms with Gasteiger partial charge in [-0.2, -0.15) is 0 Å². The van der Waals surface area contributed by atoms with Crippen molar-refractivity contribution < 1.29 is 14.5 Å². The molecular formula is C20H13Br2N3O4. The monoisotopic (exact) mass is 517 g/mol. The van der Waals surface area contributed by atoms with E-state index >= 15 is 0 Å². The first kappa shape index (κ1) is 20.7. The first-order valence-corrected chi connectivity index (χ1v) is 9.84. The van der Waals surface area contributed by atoms with Crippen molar-refractivity contribution in [1.82, 2.24) is 0 Å². The molecule has 0 saturated carbocycles. The summed E-state index contributed by atoms with van der Waals surface area (Å²) in [6.45, 7) is 0. The molecule has 3 aromatic carbocycles. The van der Waals surface area contributed by atoms with Crippen molar-refractivity contribution in [1.29, 1.82) is 0 Å². The smallest absolute Gasteiger partial charge is 0.270 e. The normalized spacial score (nSPS) is 10.3. The minimum Gasteiger partial charge on any atom is -0.322 e. The summed E-state index contributed by atoms with van der Waals surface area (Å²) in [7, 11) is 0. The number of nitro groups is 1. The van der Waals surface area contributed by atoms with Gasteiger partial charge in [0.05, 0.1) is 16.1 Å². The van der Waals surface area contributed by atoms with Crippen molar-refractivity contribution >= 4 is 60.7 Å². The number of rotatable bonds is 5. The Morgan fingerprint density at radius 2 is 1.17 bits per heavy atom. The zero-order chi connectivity index (χ0) is 21.0. The molecule has 7 nitrogen and oxygen atoms in total. The van der Waals surface area contributed by atoms with Gasteiger partial charge in [-0.15, -0.1) is 0 Å². The van der Waals surface area contributed by atoms with E-state index in [1.54, 1.807) is 48.5 Å². The molecule has 2 N–H and O–H groups in total. The maximum absolute atomic E-state index is 12.8. The van der Waals surface area contributed by atoms with Crippen LogP contribution in [0.4, 0.5) is 17.1 Å². The molecule has 0 spiro atoms. The van der Waals surface area contributed by atoms with Gasteiger partial charge in [-0.25, -0.2) is 0 Å². The molecule has 2 amide bonds. The lowest BCUT2D eigenvalue weighted by Gasteiger charge is -2.11. The van der Waals surface area contributed by atoms with Gasteiger partial charge in [-0.3, -0.25) is 19.7 Å². The lowest BCUT2D eigenvalue weighted by molar-refractivity contribution is -0.384. The van der Waals surface area contributed by atoms with E-state index in [1.807, 2.05) is 0 Å². The van der Waals surface area contributed by atoms with Crippen molar-refractivity contribution in [3.8, 4) is 0 Å². The fraction of sp³-hybridized carbons (Fsp3) is 0. The highest BCUT2D eigenvalue weighted by atomic mass is 79.9. The van der Waals surface area contributed by atoms with Gasteiger partial charge in [0.2, 0.25) is 0 Å². The summed E-state index contributed by atoms with van der Waals surface area (Å²) in [6.07, 6.45) is 0. The molecule has 0 aliphatic carbocycles. The van der Waals surface area contributed by atoms with Gasteiger partial charge < -0.3 is 10.6 Å². The molecule has 0 bridgehead atoms. The van der Waals surface area contributed by atoms with Crippen LogP contribution >= 0.6 is 31.9 Å². The predicted molar refractivity (Wildman–Crippen MR) is 117 cm³/mol. The van der Waals surface area contributed by atoms with E-state index < -0.39 is 16.7 Å². The average molecular weight is 519 g/mol. The molecule has 0 aromatic heterocycles. The number of benzene rings is 3. The zero-order valence-electron chi connectivity index (χ0n) is 14.7. The van der Waals surface area contributed by atoms with Gasteiger partial charge in [-0.1, -0.05) is 31.9 Å². The number of nitrogens with zero attached hydrogens (tertiary/aromatic N) is 1. The summed E-state index contributed by atoms with van der Waals surface area (Å²) in [6, 6.07) is 17.2. The van der Waals surface area contributed by atoms with Gasteiger partial charge in [-0.05, 0) is 54.6 Å². The van der Waals surface area contributed by atoms with Crippen molar-refractivity contribution in [2.75, 3.05) is 10.6 Å². The Morgan fingerprint density at radius 1 is 0.724 bits per heavy atom. The van der Waals surface area contributed by atoms with E-state index in [9.17, 15) is 19.7 Å². The van der Waals surface area contributed by atoms with E-state index in [0.717, 1.165) is 15.0 Å². The molecule has 0 heterocycles. The first-order chi connectivity index (χ1) is 13.8. The van der Waals surface area contributed by atoms with Gasteiger partial charge >= 0.3 is 0 Å². The molecule has 146 valence electrons. The number of non-ortho nitro benzene ring substituents is 1. The van der Waals surface area contributed by atoms with E-state index in [2.05, 4.69) is 42.5 Å². The van der Waals surface area contributed by atoms with Crippen molar-refractivity contribution in [2.24, 2.45) is 0 Å². The summed E-state index contributed by atoms with van der Waals surface area (Å²) in [4.78, 5) is 36.0. The Hall–Kier alpha value is -3.04. The molecule has 0 atom stereocenters. The van der Waals surface area contributed by atoms with Crippen LogP contribution in [0.1, 0.15) is 20.7 Å². The summed E-state index contributed by atoms with van der Waals surface area (Å²) in [5, 5.41) is 16.5. The zero-order valence-corrected chi connectivity index (χ0v) is 17.9. The van der Waals surface area contributed by atoms with Crippen LogP contribution in [0.5, 0.6) is 0 Å². The summed E-state index contributed by atoms with van der Waals surface area (Å²) >= 11 is 6.62. The number of nitro benzene ring substituents is 1. The van der Waals surface area contributed by atoms with E-state index in [1.165, 1.54) is 12.1 Å². The number of carbonyl (C=O) groups excluding carboxylic acids is 2. The Bertz CT molecular complexity index is 1080. The maximum atomic E-state index is 12.8. The summed E-state index contributed by atoms with van der Waals surface area (Å²) < 4.78 is 1.68. The number of halogens is 2. The van der Waals surface area contributed by atoms with Crippen LogP contribution in [-0.2, 0) is 0 Å². The van der Waals surface area contributed by atoms with E-state index in [0.29, 0.717) is 11.4 Å². The molecular weight excluding hydrogens is 506 g/mol. The molecule has 3 aromatic rings. The number of amides is 2. The van der Waals surface area contributed by atoms with Crippen LogP contribution < -0.4 is 10.6 Å². The van der Waals surface area contributed by atoms with Crippen LogP contribution in [0.15, 0.2) is 75.7 Å². The lowest BCUT2D eigenvalue weighted by atomic mass is 10.0. The van der Waals surface area contributed by atoms with Crippen LogP contribution in [0.2, 0.25) is 0 Å². The summed E-state index contributed by atoms with van der Waals surface area (Å²) in [5.74, 6) is -1.18. The minimum atomic E-state index is -0.628. The number of carbonyl (C=O) groups is 2. The predicted octanol–water partition coefficient (Wildman–Crippen LogP) is 5.62. The summed E-state index contributed by atoms with van der Waals surface area (Å²) in [5.41, 5.74) is 0.649. The molecule has 0 aliphatic rings. The second kappa shape index (κ2) is 8.97. The molecule has 29 heavy (non-hydrogen) atoms. The SMILES string of the molecule is O=C(Nc1ccc(Br)cc1)c1ccc([N+](=O)[O-])cc1C(=O)Nc1ccc(Br)cc1. The number of anilines is 2. The van der Waals surface area contributed by atoms with Crippen LogP contribution in [0.3, 0.4) is 0 Å². The number of hydrogen-bond acceptors (Lipinski definition) is 4. The van der Waals surface area contributed by atoms with Crippen LogP contribution in [0.25, 0.3) is 0 Å². The van der Waals surface area contributed by atoms with Gasteiger partial charge in [0, 0.05) is 32.5 Å². The third-order valence-electron chi connectivity index (χ3n) is 3.91.